The number of hydrogen-bond donors (Lipinski definition) is 4. The lowest BCUT2D eigenvalue weighted by Crippen LogP contribution is -2.29. The van der Waals surface area contributed by atoms with Gasteiger partial charge in [0, 0.05) is 6.42 Å². The minimum Gasteiger partial charge on any atom is -0.494 e. The van der Waals surface area contributed by atoms with Crippen LogP contribution in [0.1, 0.15) is 45.1 Å². The molecule has 0 radical (unpaired) electrons. The zero-order valence-electron chi connectivity index (χ0n) is 11.4. The van der Waals surface area contributed by atoms with Crippen molar-refractivity contribution in [1.29, 1.82) is 0 Å². The number of aromatic nitrogens is 2. The topological polar surface area (TPSA) is 127 Å². The number of carbonyl (C=O) groups excluding carboxylic acids is 1. The molecular weight excluding hydrogens is 264 g/mol. The molecule has 0 saturated carbocycles. The van der Waals surface area contributed by atoms with Gasteiger partial charge in [0.25, 0.3) is 5.56 Å². The summed E-state index contributed by atoms with van der Waals surface area (Å²) in [5.74, 6) is -0.833. The van der Waals surface area contributed by atoms with Gasteiger partial charge < -0.3 is 5.11 Å². The van der Waals surface area contributed by atoms with Crippen molar-refractivity contribution >= 4 is 11.6 Å². The predicted molar refractivity (Wildman–Crippen MR) is 73.8 cm³/mol. The number of nitrogens with one attached hydrogen (secondary N) is 3. The van der Waals surface area contributed by atoms with Crippen LogP contribution in [-0.4, -0.2) is 26.7 Å². The predicted octanol–water partition coefficient (Wildman–Crippen LogP) is 0.189. The summed E-state index contributed by atoms with van der Waals surface area (Å²) in [7, 11) is 0. The van der Waals surface area contributed by atoms with E-state index in [0.717, 1.165) is 12.8 Å². The summed E-state index contributed by atoms with van der Waals surface area (Å²) in [6.45, 7) is 3.67. The van der Waals surface area contributed by atoms with E-state index in [-0.39, 0.29) is 17.2 Å². The lowest BCUT2D eigenvalue weighted by atomic mass is 10.1. The Labute approximate surface area is 114 Å². The van der Waals surface area contributed by atoms with Crippen LogP contribution in [0.4, 0.5) is 0 Å². The molecule has 0 aromatic carbocycles. The number of unbranched alkanes of at least 4 members (excludes halogenated alkanes) is 1. The molecule has 110 valence electrons. The number of rotatable bonds is 6. The molecule has 0 aliphatic carbocycles. The van der Waals surface area contributed by atoms with Gasteiger partial charge in [0.2, 0.25) is 11.8 Å². The van der Waals surface area contributed by atoms with Gasteiger partial charge in [-0.2, -0.15) is 5.10 Å². The second-order valence-electron chi connectivity index (χ2n) is 4.18. The zero-order chi connectivity index (χ0) is 15.1. The van der Waals surface area contributed by atoms with Gasteiger partial charge >= 0.3 is 5.69 Å². The Kier molecular flexibility index (Phi) is 5.70. The van der Waals surface area contributed by atoms with Crippen LogP contribution in [0.25, 0.3) is 0 Å². The minimum absolute atomic E-state index is 0.150. The summed E-state index contributed by atoms with van der Waals surface area (Å²) < 4.78 is 0. The molecule has 1 aromatic rings. The smallest absolute Gasteiger partial charge is 0.328 e. The van der Waals surface area contributed by atoms with Crippen molar-refractivity contribution in [1.82, 2.24) is 15.4 Å². The standard InChI is InChI=1S/C12H18N4O4/c1-3-5-6-8(17)16-15-7(4-2)9-10(18)13-12(20)14-11(9)19/h3-6H2,1-2H3,(H,16,17)(H3,13,14,18,19,20)/b15-7-. The molecular formula is C12H18N4O4. The fraction of sp³-hybridized carbons (Fsp3) is 0.500. The molecule has 8 heteroatoms. The maximum Gasteiger partial charge on any atom is 0.328 e. The summed E-state index contributed by atoms with van der Waals surface area (Å²) in [5, 5.41) is 13.4. The first kappa shape index (κ1) is 15.7. The number of aromatic hydroxyl groups is 1. The summed E-state index contributed by atoms with van der Waals surface area (Å²) in [5.41, 5.74) is 0.802. The van der Waals surface area contributed by atoms with Gasteiger partial charge in [-0.05, 0) is 12.8 Å². The number of hydrazone groups is 1. The quantitative estimate of drug-likeness (QED) is 0.438. The van der Waals surface area contributed by atoms with E-state index in [1.165, 1.54) is 0 Å². The van der Waals surface area contributed by atoms with E-state index in [1.807, 2.05) is 11.9 Å². The Morgan fingerprint density at radius 3 is 2.55 bits per heavy atom. The number of carbonyl (C=O) groups is 1. The second-order valence-corrected chi connectivity index (χ2v) is 4.18. The van der Waals surface area contributed by atoms with Gasteiger partial charge in [0.1, 0.15) is 5.56 Å². The molecule has 8 nitrogen and oxygen atoms in total. The van der Waals surface area contributed by atoms with E-state index in [0.29, 0.717) is 12.8 Å². The average molecular weight is 282 g/mol. The molecule has 1 aromatic heterocycles. The van der Waals surface area contributed by atoms with Crippen LogP contribution >= 0.6 is 0 Å². The average Bonchev–Trinajstić information content (AvgIpc) is 2.38. The monoisotopic (exact) mass is 282 g/mol. The third-order valence-electron chi connectivity index (χ3n) is 2.62. The lowest BCUT2D eigenvalue weighted by Gasteiger charge is -2.05. The molecule has 1 amide bonds. The molecule has 0 fully saturated rings. The summed E-state index contributed by atoms with van der Waals surface area (Å²) in [6.07, 6.45) is 2.27. The Hall–Kier alpha value is -2.38. The molecule has 1 rings (SSSR count). The van der Waals surface area contributed by atoms with Gasteiger partial charge in [-0.25, -0.2) is 10.2 Å². The van der Waals surface area contributed by atoms with Crippen LogP contribution in [0.2, 0.25) is 0 Å². The van der Waals surface area contributed by atoms with Crippen molar-refractivity contribution in [3.8, 4) is 5.88 Å². The van der Waals surface area contributed by atoms with E-state index in [4.69, 9.17) is 0 Å². The Bertz CT molecular complexity index is 615. The third-order valence-corrected chi connectivity index (χ3v) is 2.62. The maximum atomic E-state index is 11.6. The van der Waals surface area contributed by atoms with Crippen molar-refractivity contribution in [2.75, 3.05) is 0 Å². The number of H-pyrrole nitrogens is 2. The van der Waals surface area contributed by atoms with E-state index in [9.17, 15) is 19.5 Å². The molecule has 0 bridgehead atoms. The minimum atomic E-state index is -0.807. The highest BCUT2D eigenvalue weighted by molar-refractivity contribution is 6.02. The lowest BCUT2D eigenvalue weighted by molar-refractivity contribution is -0.121. The van der Waals surface area contributed by atoms with Crippen LogP contribution in [0.5, 0.6) is 5.88 Å². The van der Waals surface area contributed by atoms with Crippen molar-refractivity contribution in [2.24, 2.45) is 5.10 Å². The van der Waals surface area contributed by atoms with Crippen LogP contribution in [0, 0.1) is 0 Å². The molecule has 0 spiro atoms. The van der Waals surface area contributed by atoms with Crippen LogP contribution < -0.4 is 16.7 Å². The van der Waals surface area contributed by atoms with E-state index < -0.39 is 17.1 Å². The number of nitrogens with zero attached hydrogens (tertiary/aromatic N) is 1. The normalized spacial score (nSPS) is 11.4. The van der Waals surface area contributed by atoms with Crippen LogP contribution in [0.3, 0.4) is 0 Å². The highest BCUT2D eigenvalue weighted by Gasteiger charge is 2.14. The maximum absolute atomic E-state index is 11.6. The molecule has 0 saturated heterocycles. The van der Waals surface area contributed by atoms with Gasteiger partial charge in [0.05, 0.1) is 5.71 Å². The van der Waals surface area contributed by atoms with Crippen molar-refractivity contribution in [3.63, 3.8) is 0 Å². The van der Waals surface area contributed by atoms with E-state index in [2.05, 4.69) is 15.5 Å². The van der Waals surface area contributed by atoms with Gasteiger partial charge in [0.15, 0.2) is 0 Å². The second kappa shape index (κ2) is 7.27. The summed E-state index contributed by atoms with van der Waals surface area (Å²) >= 11 is 0. The number of hydrogen-bond acceptors (Lipinski definition) is 5. The van der Waals surface area contributed by atoms with Crippen LogP contribution in [0.15, 0.2) is 14.7 Å². The molecule has 0 aliphatic heterocycles. The molecule has 0 atom stereocenters. The van der Waals surface area contributed by atoms with E-state index >= 15 is 0 Å². The van der Waals surface area contributed by atoms with Crippen molar-refractivity contribution < 1.29 is 9.90 Å². The highest BCUT2D eigenvalue weighted by atomic mass is 16.3. The Balaban J connectivity index is 3.00. The molecule has 0 unspecified atom stereocenters. The van der Waals surface area contributed by atoms with E-state index in [1.54, 1.807) is 6.92 Å². The molecule has 1 heterocycles. The first-order chi connectivity index (χ1) is 9.49. The van der Waals surface area contributed by atoms with Gasteiger partial charge in [-0.1, -0.05) is 20.3 Å². The van der Waals surface area contributed by atoms with Crippen LogP contribution in [-0.2, 0) is 4.79 Å². The highest BCUT2D eigenvalue weighted by Crippen LogP contribution is 2.08. The number of amides is 1. The fourth-order valence-corrected chi connectivity index (χ4v) is 1.58. The van der Waals surface area contributed by atoms with Crippen molar-refractivity contribution in [2.45, 2.75) is 39.5 Å². The molecule has 0 aliphatic rings. The SMILES string of the molecule is CCCCC(=O)N/N=C(/CC)c1c(O)[nH]c(=O)[nH]c1=O. The largest absolute Gasteiger partial charge is 0.494 e. The molecule has 20 heavy (non-hydrogen) atoms. The summed E-state index contributed by atoms with van der Waals surface area (Å²) in [4.78, 5) is 38.1. The Morgan fingerprint density at radius 1 is 1.30 bits per heavy atom. The first-order valence-corrected chi connectivity index (χ1v) is 6.40. The first-order valence-electron chi connectivity index (χ1n) is 6.40. The zero-order valence-corrected chi connectivity index (χ0v) is 11.4. The van der Waals surface area contributed by atoms with Gasteiger partial charge in [-0.3, -0.25) is 19.6 Å². The number of aromatic amines is 2. The fourth-order valence-electron chi connectivity index (χ4n) is 1.58. The summed E-state index contributed by atoms with van der Waals surface area (Å²) in [6, 6.07) is 0. The Morgan fingerprint density at radius 2 is 2.00 bits per heavy atom. The third kappa shape index (κ3) is 4.08. The molecule has 4 N–H and O–H groups in total. The van der Waals surface area contributed by atoms with Crippen molar-refractivity contribution in [3.05, 3.63) is 26.4 Å². The van der Waals surface area contributed by atoms with Gasteiger partial charge in [-0.15, -0.1) is 0 Å².